The molecule has 0 radical (unpaired) electrons. The monoisotopic (exact) mass is 631 g/mol. The molecule has 1 aromatic heterocycles. The Labute approximate surface area is 267 Å². The van der Waals surface area contributed by atoms with Crippen LogP contribution in [0.3, 0.4) is 0 Å². The number of pyridine rings is 1. The van der Waals surface area contributed by atoms with Crippen LogP contribution in [0.5, 0.6) is 11.5 Å². The second-order valence-electron chi connectivity index (χ2n) is 11.6. The summed E-state index contributed by atoms with van der Waals surface area (Å²) >= 11 is 12.4. The van der Waals surface area contributed by atoms with Crippen molar-refractivity contribution in [3.63, 3.8) is 0 Å². The number of carboxylic acid groups (broad SMARTS) is 1. The maximum absolute atomic E-state index is 12.2. The summed E-state index contributed by atoms with van der Waals surface area (Å²) in [6.45, 7) is 4.50. The fourth-order valence-electron chi connectivity index (χ4n) is 6.09. The molecule has 6 rings (SSSR count). The van der Waals surface area contributed by atoms with Crippen LogP contribution in [0.15, 0.2) is 79.0 Å². The number of fused-ring (bicyclic) bond motifs is 2. The molecule has 2 aliphatic heterocycles. The molecule has 0 unspecified atom stereocenters. The van der Waals surface area contributed by atoms with E-state index >= 15 is 0 Å². The lowest BCUT2D eigenvalue weighted by molar-refractivity contribution is -0.144. The molecule has 3 aromatic carbocycles. The molecule has 44 heavy (non-hydrogen) atoms. The van der Waals surface area contributed by atoms with Crippen LogP contribution in [-0.2, 0) is 30.8 Å². The summed E-state index contributed by atoms with van der Waals surface area (Å²) < 4.78 is 13.0. The third-order valence-electron chi connectivity index (χ3n) is 8.39. The standard InChI is InChI=1S/C35H35Cl2N3O4/c1-3-32(23-9-12-29(36)30(37)15-23)43-28-10-7-22(8-11-28)34-21-39(2)18-26-14-24-16-31(35(41)42)40(19-25(24)17-33(26)44-34)20-27-6-4-5-13-38-27/h4-15,17,31-32,34H,3,16,18-21H2,1-2H3,(H,41,42)/t31-,32-,34+/m0/s1. The van der Waals surface area contributed by atoms with Crippen molar-refractivity contribution in [2.45, 2.75) is 57.6 Å². The van der Waals surface area contributed by atoms with E-state index in [1.54, 1.807) is 12.3 Å². The topological polar surface area (TPSA) is 75.1 Å². The summed E-state index contributed by atoms with van der Waals surface area (Å²) in [6.07, 6.45) is 2.64. The van der Waals surface area contributed by atoms with Gasteiger partial charge in [-0.1, -0.05) is 60.5 Å². The Kier molecular flexibility index (Phi) is 9.10. The van der Waals surface area contributed by atoms with Crippen molar-refractivity contribution < 1.29 is 19.4 Å². The van der Waals surface area contributed by atoms with Gasteiger partial charge in [0.1, 0.15) is 29.7 Å². The molecule has 4 aromatic rings. The summed E-state index contributed by atoms with van der Waals surface area (Å²) in [7, 11) is 2.08. The molecule has 2 aliphatic rings. The van der Waals surface area contributed by atoms with Crippen molar-refractivity contribution >= 4 is 29.2 Å². The summed E-state index contributed by atoms with van der Waals surface area (Å²) in [5.41, 5.74) is 6.12. The molecule has 0 aliphatic carbocycles. The number of likely N-dealkylation sites (N-methyl/N-ethyl adjacent to an activating group) is 1. The average Bonchev–Trinajstić information content (AvgIpc) is 3.18. The van der Waals surface area contributed by atoms with Crippen LogP contribution in [0, 0.1) is 0 Å². The molecule has 1 N–H and O–H groups in total. The molecule has 0 bridgehead atoms. The Morgan fingerprint density at radius 3 is 2.55 bits per heavy atom. The molecule has 7 nitrogen and oxygen atoms in total. The predicted octanol–water partition coefficient (Wildman–Crippen LogP) is 7.50. The Morgan fingerprint density at radius 1 is 1.02 bits per heavy atom. The van der Waals surface area contributed by atoms with Gasteiger partial charge in [0.25, 0.3) is 0 Å². The highest BCUT2D eigenvalue weighted by molar-refractivity contribution is 6.42. The molecule has 3 atom stereocenters. The first kappa shape index (κ1) is 30.4. The van der Waals surface area contributed by atoms with Gasteiger partial charge in [-0.2, -0.15) is 0 Å². The van der Waals surface area contributed by atoms with Gasteiger partial charge in [0.15, 0.2) is 0 Å². The maximum atomic E-state index is 12.2. The number of hydrogen-bond donors (Lipinski definition) is 1. The van der Waals surface area contributed by atoms with Crippen LogP contribution in [-0.4, -0.2) is 45.5 Å². The van der Waals surface area contributed by atoms with Gasteiger partial charge in [-0.05, 0) is 84.6 Å². The van der Waals surface area contributed by atoms with Gasteiger partial charge in [0.2, 0.25) is 0 Å². The number of carbonyl (C=O) groups is 1. The summed E-state index contributed by atoms with van der Waals surface area (Å²) in [5.74, 6) is 0.796. The molecule has 0 saturated carbocycles. The van der Waals surface area contributed by atoms with Gasteiger partial charge in [-0.15, -0.1) is 0 Å². The highest BCUT2D eigenvalue weighted by Gasteiger charge is 2.33. The smallest absolute Gasteiger partial charge is 0.321 e. The van der Waals surface area contributed by atoms with E-state index in [2.05, 4.69) is 48.1 Å². The Hall–Kier alpha value is -3.62. The van der Waals surface area contributed by atoms with Gasteiger partial charge in [0, 0.05) is 37.9 Å². The van der Waals surface area contributed by atoms with E-state index in [0.717, 1.165) is 58.0 Å². The third-order valence-corrected chi connectivity index (χ3v) is 9.13. The number of aromatic nitrogens is 1. The van der Waals surface area contributed by atoms with E-state index in [4.69, 9.17) is 32.7 Å². The molecule has 3 heterocycles. The van der Waals surface area contributed by atoms with Crippen molar-refractivity contribution in [2.24, 2.45) is 0 Å². The van der Waals surface area contributed by atoms with Crippen molar-refractivity contribution in [1.29, 1.82) is 0 Å². The maximum Gasteiger partial charge on any atom is 0.321 e. The van der Waals surface area contributed by atoms with Gasteiger partial charge in [0.05, 0.1) is 15.7 Å². The van der Waals surface area contributed by atoms with Gasteiger partial charge >= 0.3 is 5.97 Å². The molecule has 0 spiro atoms. The van der Waals surface area contributed by atoms with Crippen molar-refractivity contribution in [3.8, 4) is 11.5 Å². The minimum Gasteiger partial charge on any atom is -0.486 e. The lowest BCUT2D eigenvalue weighted by atomic mass is 9.91. The van der Waals surface area contributed by atoms with E-state index in [1.807, 2.05) is 47.4 Å². The Morgan fingerprint density at radius 2 is 1.84 bits per heavy atom. The van der Waals surface area contributed by atoms with Gasteiger partial charge < -0.3 is 14.6 Å². The molecule has 228 valence electrons. The first-order valence-electron chi connectivity index (χ1n) is 14.9. The second kappa shape index (κ2) is 13.2. The molecule has 9 heteroatoms. The highest BCUT2D eigenvalue weighted by Crippen LogP contribution is 2.37. The van der Waals surface area contributed by atoms with E-state index in [0.29, 0.717) is 36.1 Å². The Bertz CT molecular complexity index is 1630. The number of carboxylic acids is 1. The minimum atomic E-state index is -0.815. The number of ether oxygens (including phenoxy) is 2. The van der Waals surface area contributed by atoms with Crippen LogP contribution in [0.4, 0.5) is 0 Å². The second-order valence-corrected chi connectivity index (χ2v) is 12.4. The Balaban J connectivity index is 1.21. The number of aliphatic carboxylic acids is 1. The normalized spacial score (nSPS) is 19.3. The highest BCUT2D eigenvalue weighted by atomic mass is 35.5. The average molecular weight is 633 g/mol. The third kappa shape index (κ3) is 6.71. The van der Waals surface area contributed by atoms with E-state index in [1.165, 1.54) is 0 Å². The molecular weight excluding hydrogens is 597 g/mol. The molecule has 0 saturated heterocycles. The lowest BCUT2D eigenvalue weighted by Crippen LogP contribution is -2.45. The number of halogens is 2. The number of benzene rings is 3. The summed E-state index contributed by atoms with van der Waals surface area (Å²) in [5, 5.41) is 11.1. The molecule has 0 amide bonds. The number of nitrogens with zero attached hydrogens (tertiary/aromatic N) is 3. The number of hydrogen-bond acceptors (Lipinski definition) is 6. The van der Waals surface area contributed by atoms with Crippen molar-refractivity contribution in [1.82, 2.24) is 14.8 Å². The SMILES string of the molecule is CC[C@H](Oc1ccc([C@H]2CN(C)Cc3cc4c(cc3O2)CN(Cc2ccccn2)[C@H](C(=O)O)C4)cc1)c1ccc(Cl)c(Cl)c1. The van der Waals surface area contributed by atoms with Crippen LogP contribution >= 0.6 is 23.2 Å². The first-order chi connectivity index (χ1) is 21.3. The number of rotatable bonds is 8. The van der Waals surface area contributed by atoms with Crippen LogP contribution in [0.1, 0.15) is 59.1 Å². The van der Waals surface area contributed by atoms with Gasteiger partial charge in [-0.25, -0.2) is 0 Å². The quantitative estimate of drug-likeness (QED) is 0.216. The summed E-state index contributed by atoms with van der Waals surface area (Å²) in [6, 6.07) is 23.1. The zero-order valence-corrected chi connectivity index (χ0v) is 26.3. The van der Waals surface area contributed by atoms with Crippen LogP contribution in [0.25, 0.3) is 0 Å². The predicted molar refractivity (Wildman–Crippen MR) is 171 cm³/mol. The van der Waals surface area contributed by atoms with Crippen LogP contribution in [0.2, 0.25) is 10.0 Å². The zero-order chi connectivity index (χ0) is 30.8. The van der Waals surface area contributed by atoms with E-state index < -0.39 is 12.0 Å². The van der Waals surface area contributed by atoms with Crippen molar-refractivity contribution in [2.75, 3.05) is 13.6 Å². The largest absolute Gasteiger partial charge is 0.486 e. The van der Waals surface area contributed by atoms with Crippen LogP contribution < -0.4 is 9.47 Å². The molecule has 0 fully saturated rings. The minimum absolute atomic E-state index is 0.146. The van der Waals surface area contributed by atoms with Gasteiger partial charge in [-0.3, -0.25) is 19.6 Å². The fraction of sp³-hybridized carbons (Fsp3) is 0.314. The summed E-state index contributed by atoms with van der Waals surface area (Å²) in [4.78, 5) is 20.9. The fourth-order valence-corrected chi connectivity index (χ4v) is 6.40. The van der Waals surface area contributed by atoms with Crippen molar-refractivity contribution in [3.05, 3.63) is 123 Å². The van der Waals surface area contributed by atoms with E-state index in [-0.39, 0.29) is 12.2 Å². The first-order valence-corrected chi connectivity index (χ1v) is 15.6. The lowest BCUT2D eigenvalue weighted by Gasteiger charge is -2.34. The zero-order valence-electron chi connectivity index (χ0n) is 24.7. The molecular formula is C35H35Cl2N3O4. The van der Waals surface area contributed by atoms with E-state index in [9.17, 15) is 9.90 Å².